The molecule has 1 unspecified atom stereocenters. The number of imidazole rings is 1. The Balaban J connectivity index is 1.66. The first kappa shape index (κ1) is 21.8. The summed E-state index contributed by atoms with van der Waals surface area (Å²) in [6.07, 6.45) is 3.84. The monoisotopic (exact) mass is 471 g/mol. The van der Waals surface area contributed by atoms with Crippen molar-refractivity contribution < 1.29 is 9.53 Å². The second-order valence-electron chi connectivity index (χ2n) is 7.00. The first-order valence-electron chi connectivity index (χ1n) is 9.58. The number of pyridine rings is 1. The molecule has 4 rings (SSSR count). The van der Waals surface area contributed by atoms with E-state index in [1.165, 1.54) is 7.11 Å². The molecule has 0 aliphatic carbocycles. The van der Waals surface area contributed by atoms with Crippen molar-refractivity contribution in [3.63, 3.8) is 0 Å². The summed E-state index contributed by atoms with van der Waals surface area (Å²) in [7, 11) is 1.30. The quantitative estimate of drug-likeness (QED) is 0.409. The number of nitrogens with one attached hydrogen (secondary N) is 1. The summed E-state index contributed by atoms with van der Waals surface area (Å²) in [5.41, 5.74) is 8.25. The van der Waals surface area contributed by atoms with Crippen molar-refractivity contribution in [2.24, 2.45) is 0 Å². The summed E-state index contributed by atoms with van der Waals surface area (Å²) in [4.78, 5) is 29.5. The Labute approximate surface area is 193 Å². The molecular formula is C21H19Cl2N7O2. The van der Waals surface area contributed by atoms with Crippen molar-refractivity contribution in [2.75, 3.05) is 18.2 Å². The third-order valence-corrected chi connectivity index (χ3v) is 5.73. The molecule has 32 heavy (non-hydrogen) atoms. The maximum absolute atomic E-state index is 12.4. The van der Waals surface area contributed by atoms with Crippen molar-refractivity contribution in [3.05, 3.63) is 64.2 Å². The van der Waals surface area contributed by atoms with Gasteiger partial charge in [0, 0.05) is 18.2 Å². The van der Waals surface area contributed by atoms with Crippen LogP contribution in [0.25, 0.3) is 16.9 Å². The van der Waals surface area contributed by atoms with Gasteiger partial charge in [-0.15, -0.1) is 0 Å². The van der Waals surface area contributed by atoms with E-state index in [2.05, 4.69) is 25.3 Å². The van der Waals surface area contributed by atoms with Gasteiger partial charge in [-0.2, -0.15) is 15.0 Å². The van der Waals surface area contributed by atoms with E-state index in [4.69, 9.17) is 33.7 Å². The predicted molar refractivity (Wildman–Crippen MR) is 123 cm³/mol. The summed E-state index contributed by atoms with van der Waals surface area (Å²) in [5, 5.41) is 3.74. The van der Waals surface area contributed by atoms with Crippen LogP contribution in [0, 0.1) is 6.92 Å². The molecule has 1 atom stereocenters. The highest BCUT2D eigenvalue weighted by molar-refractivity contribution is 6.42. The number of esters is 1. The lowest BCUT2D eigenvalue weighted by molar-refractivity contribution is -0.141. The Morgan fingerprint density at radius 1 is 1.22 bits per heavy atom. The van der Waals surface area contributed by atoms with E-state index in [0.717, 1.165) is 11.3 Å². The molecule has 0 fully saturated rings. The smallest absolute Gasteiger partial charge is 0.328 e. The molecule has 9 nitrogen and oxygen atoms in total. The molecule has 0 amide bonds. The lowest BCUT2D eigenvalue weighted by Gasteiger charge is -2.18. The number of hydrogen-bond acceptors (Lipinski definition) is 8. The number of nitrogens with two attached hydrogens (primary N) is 1. The third-order valence-electron chi connectivity index (χ3n) is 4.87. The number of nitrogen functional groups attached to an aromatic ring is 1. The molecular weight excluding hydrogens is 453 g/mol. The van der Waals surface area contributed by atoms with E-state index in [9.17, 15) is 4.79 Å². The zero-order valence-electron chi connectivity index (χ0n) is 17.2. The van der Waals surface area contributed by atoms with Gasteiger partial charge >= 0.3 is 5.97 Å². The Hall–Kier alpha value is -3.43. The van der Waals surface area contributed by atoms with E-state index >= 15 is 0 Å². The largest absolute Gasteiger partial charge is 0.467 e. The number of aromatic nitrogens is 5. The number of carbonyl (C=O) groups is 1. The molecule has 0 radical (unpaired) electrons. The third kappa shape index (κ3) is 4.44. The summed E-state index contributed by atoms with van der Waals surface area (Å²) in [6.45, 7) is 1.90. The Morgan fingerprint density at radius 2 is 2.03 bits per heavy atom. The van der Waals surface area contributed by atoms with Gasteiger partial charge < -0.3 is 20.2 Å². The molecule has 0 saturated carbocycles. The molecule has 164 valence electrons. The molecule has 3 heterocycles. The number of anilines is 2. The Kier molecular flexibility index (Phi) is 6.11. The van der Waals surface area contributed by atoms with Crippen LogP contribution in [0.3, 0.4) is 0 Å². The van der Waals surface area contributed by atoms with Crippen LogP contribution in [0.5, 0.6) is 0 Å². The van der Waals surface area contributed by atoms with Gasteiger partial charge in [0.25, 0.3) is 0 Å². The molecule has 0 aliphatic heterocycles. The highest BCUT2D eigenvalue weighted by Crippen LogP contribution is 2.27. The van der Waals surface area contributed by atoms with Crippen LogP contribution in [0.4, 0.5) is 11.9 Å². The van der Waals surface area contributed by atoms with Gasteiger partial charge in [-0.3, -0.25) is 0 Å². The zero-order chi connectivity index (χ0) is 22.8. The van der Waals surface area contributed by atoms with Crippen molar-refractivity contribution in [1.82, 2.24) is 24.3 Å². The van der Waals surface area contributed by atoms with Crippen LogP contribution in [-0.4, -0.2) is 43.5 Å². The maximum atomic E-state index is 12.4. The van der Waals surface area contributed by atoms with Gasteiger partial charge in [-0.1, -0.05) is 35.3 Å². The highest BCUT2D eigenvalue weighted by Gasteiger charge is 2.23. The van der Waals surface area contributed by atoms with Crippen LogP contribution in [0.2, 0.25) is 10.0 Å². The lowest BCUT2D eigenvalue weighted by atomic mass is 10.1. The number of halogens is 2. The van der Waals surface area contributed by atoms with Crippen molar-refractivity contribution in [2.45, 2.75) is 19.4 Å². The first-order valence-corrected chi connectivity index (χ1v) is 10.3. The fourth-order valence-electron chi connectivity index (χ4n) is 3.25. The standard InChI is InChI=1S/C21H19Cl2N7O2/c1-11-25-9-14-7-6-13(10-30(11)14)18-27-20(24)29-21(28-18)26-16(19(31)32-2)8-12-4-3-5-15(22)17(12)23/h3-7,9-10,16H,8H2,1-2H3,(H3,24,26,27,28,29). The number of fused-ring (bicyclic) bond motifs is 1. The summed E-state index contributed by atoms with van der Waals surface area (Å²) in [5.74, 6) is 0.788. The second kappa shape index (κ2) is 8.97. The van der Waals surface area contributed by atoms with Crippen LogP contribution in [0.1, 0.15) is 11.4 Å². The number of carbonyl (C=O) groups excluding carboxylic acids is 1. The minimum absolute atomic E-state index is 0.00403. The number of rotatable bonds is 6. The topological polar surface area (TPSA) is 120 Å². The molecule has 0 saturated heterocycles. The number of aryl methyl sites for hydroxylation is 1. The minimum atomic E-state index is -0.830. The average Bonchev–Trinajstić information content (AvgIpc) is 3.15. The molecule has 0 bridgehead atoms. The molecule has 4 aromatic rings. The van der Waals surface area contributed by atoms with Gasteiger partial charge in [-0.25, -0.2) is 9.78 Å². The number of ether oxygens (including phenoxy) is 1. The SMILES string of the molecule is COC(=O)C(Cc1cccc(Cl)c1Cl)Nc1nc(N)nc(-c2ccc3cnc(C)n3c2)n1. The van der Waals surface area contributed by atoms with Crippen molar-refractivity contribution >= 4 is 46.6 Å². The molecule has 1 aromatic carbocycles. The molecule has 0 aliphatic rings. The Morgan fingerprint density at radius 3 is 2.81 bits per heavy atom. The van der Waals surface area contributed by atoms with Gasteiger partial charge in [0.05, 0.1) is 28.9 Å². The summed E-state index contributed by atoms with van der Waals surface area (Å²) >= 11 is 12.4. The highest BCUT2D eigenvalue weighted by atomic mass is 35.5. The number of benzene rings is 1. The normalized spacial score (nSPS) is 12.0. The van der Waals surface area contributed by atoms with E-state index in [1.54, 1.807) is 24.4 Å². The van der Waals surface area contributed by atoms with E-state index < -0.39 is 12.0 Å². The lowest BCUT2D eigenvalue weighted by Crippen LogP contribution is -2.34. The van der Waals surface area contributed by atoms with E-state index in [0.29, 0.717) is 27.0 Å². The average molecular weight is 472 g/mol. The molecule has 0 spiro atoms. The summed E-state index contributed by atoms with van der Waals surface area (Å²) < 4.78 is 6.85. The fraction of sp³-hybridized carbons (Fsp3) is 0.190. The van der Waals surface area contributed by atoms with E-state index in [1.807, 2.05) is 29.7 Å². The fourth-order valence-corrected chi connectivity index (χ4v) is 3.65. The van der Waals surface area contributed by atoms with Crippen LogP contribution in [0.15, 0.2) is 42.7 Å². The number of methoxy groups -OCH3 is 1. The Bertz CT molecular complexity index is 1310. The van der Waals surface area contributed by atoms with Crippen molar-refractivity contribution in [1.29, 1.82) is 0 Å². The van der Waals surface area contributed by atoms with Crippen LogP contribution < -0.4 is 11.1 Å². The molecule has 11 heteroatoms. The molecule has 3 N–H and O–H groups in total. The van der Waals surface area contributed by atoms with Gasteiger partial charge in [-0.05, 0) is 30.7 Å². The number of hydrogen-bond donors (Lipinski definition) is 2. The van der Waals surface area contributed by atoms with Gasteiger partial charge in [0.2, 0.25) is 11.9 Å². The maximum Gasteiger partial charge on any atom is 0.328 e. The molecule has 3 aromatic heterocycles. The summed E-state index contributed by atoms with van der Waals surface area (Å²) in [6, 6.07) is 8.14. The number of nitrogens with zero attached hydrogens (tertiary/aromatic N) is 5. The predicted octanol–water partition coefficient (Wildman–Crippen LogP) is 3.58. The van der Waals surface area contributed by atoms with Crippen LogP contribution >= 0.6 is 23.2 Å². The first-order chi connectivity index (χ1) is 15.4. The van der Waals surface area contributed by atoms with Gasteiger partial charge in [0.15, 0.2) is 5.82 Å². The minimum Gasteiger partial charge on any atom is -0.467 e. The van der Waals surface area contributed by atoms with Gasteiger partial charge in [0.1, 0.15) is 11.9 Å². The van der Waals surface area contributed by atoms with E-state index in [-0.39, 0.29) is 18.3 Å². The second-order valence-corrected chi connectivity index (χ2v) is 7.78. The van der Waals surface area contributed by atoms with Crippen LogP contribution in [-0.2, 0) is 16.0 Å². The zero-order valence-corrected chi connectivity index (χ0v) is 18.7. The van der Waals surface area contributed by atoms with Crippen molar-refractivity contribution in [3.8, 4) is 11.4 Å².